The maximum absolute atomic E-state index is 13.8. The van der Waals surface area contributed by atoms with Gasteiger partial charge in [0.1, 0.15) is 5.82 Å². The van der Waals surface area contributed by atoms with E-state index in [1.54, 1.807) is 13.0 Å². The first-order chi connectivity index (χ1) is 9.88. The molecular formula is C17H19FN2O. The first-order valence-electron chi connectivity index (χ1n) is 6.78. The van der Waals surface area contributed by atoms with Crippen molar-refractivity contribution in [2.45, 2.75) is 27.3 Å². The lowest BCUT2D eigenvalue weighted by molar-refractivity contribution is 0.1000. The van der Waals surface area contributed by atoms with Crippen molar-refractivity contribution in [3.05, 3.63) is 64.0 Å². The standard InChI is InChI=1S/C17H19FN2O/c1-10-4-5-13(11(2)6-10)9-20-16-8-14(17(19)21)7-15(18)12(16)3/h4-8,20H,9H2,1-3H3,(H2,19,21). The van der Waals surface area contributed by atoms with Gasteiger partial charge in [0.25, 0.3) is 0 Å². The molecule has 1 amide bonds. The maximum Gasteiger partial charge on any atom is 0.248 e. The molecule has 2 aromatic rings. The highest BCUT2D eigenvalue weighted by Crippen LogP contribution is 2.22. The van der Waals surface area contributed by atoms with E-state index >= 15 is 0 Å². The zero-order valence-electron chi connectivity index (χ0n) is 12.5. The zero-order valence-corrected chi connectivity index (χ0v) is 12.5. The van der Waals surface area contributed by atoms with E-state index in [0.717, 1.165) is 5.56 Å². The molecule has 0 aliphatic rings. The number of amides is 1. The Labute approximate surface area is 124 Å². The monoisotopic (exact) mass is 286 g/mol. The zero-order chi connectivity index (χ0) is 15.6. The van der Waals surface area contributed by atoms with Gasteiger partial charge in [0.05, 0.1) is 0 Å². The molecule has 110 valence electrons. The summed E-state index contributed by atoms with van der Waals surface area (Å²) in [6.07, 6.45) is 0. The van der Waals surface area contributed by atoms with Crippen LogP contribution >= 0.6 is 0 Å². The van der Waals surface area contributed by atoms with Crippen LogP contribution in [0.2, 0.25) is 0 Å². The molecule has 0 aliphatic heterocycles. The number of primary amides is 1. The third kappa shape index (κ3) is 3.40. The van der Waals surface area contributed by atoms with E-state index in [2.05, 4.69) is 11.4 Å². The summed E-state index contributed by atoms with van der Waals surface area (Å²) in [7, 11) is 0. The Morgan fingerprint density at radius 1 is 1.19 bits per heavy atom. The van der Waals surface area contributed by atoms with Crippen LogP contribution in [0.1, 0.15) is 32.6 Å². The summed E-state index contributed by atoms with van der Waals surface area (Å²) in [6, 6.07) is 8.94. The van der Waals surface area contributed by atoms with E-state index in [1.807, 2.05) is 26.0 Å². The van der Waals surface area contributed by atoms with Gasteiger partial charge in [-0.3, -0.25) is 4.79 Å². The molecule has 2 aromatic carbocycles. The number of carbonyl (C=O) groups excluding carboxylic acids is 1. The second kappa shape index (κ2) is 5.95. The molecule has 0 unspecified atom stereocenters. The van der Waals surface area contributed by atoms with Gasteiger partial charge >= 0.3 is 0 Å². The van der Waals surface area contributed by atoms with Crippen LogP contribution in [0.4, 0.5) is 10.1 Å². The number of halogens is 1. The second-order valence-corrected chi connectivity index (χ2v) is 5.28. The quantitative estimate of drug-likeness (QED) is 0.904. The third-order valence-electron chi connectivity index (χ3n) is 3.60. The Morgan fingerprint density at radius 3 is 2.52 bits per heavy atom. The fraction of sp³-hybridized carbons (Fsp3) is 0.235. The van der Waals surface area contributed by atoms with Gasteiger partial charge in [0, 0.05) is 23.4 Å². The normalized spacial score (nSPS) is 10.5. The number of benzene rings is 2. The number of hydrogen-bond acceptors (Lipinski definition) is 2. The van der Waals surface area contributed by atoms with Crippen molar-refractivity contribution in [2.75, 3.05) is 5.32 Å². The number of nitrogens with two attached hydrogens (primary N) is 1. The highest BCUT2D eigenvalue weighted by Gasteiger charge is 2.10. The van der Waals surface area contributed by atoms with Crippen molar-refractivity contribution in [1.82, 2.24) is 0 Å². The summed E-state index contributed by atoms with van der Waals surface area (Å²) < 4.78 is 13.8. The lowest BCUT2D eigenvalue weighted by Gasteiger charge is -2.13. The van der Waals surface area contributed by atoms with Crippen LogP contribution in [-0.2, 0) is 6.54 Å². The van der Waals surface area contributed by atoms with Crippen LogP contribution in [0, 0.1) is 26.6 Å². The Hall–Kier alpha value is -2.36. The van der Waals surface area contributed by atoms with Crippen LogP contribution < -0.4 is 11.1 Å². The number of nitrogens with one attached hydrogen (secondary N) is 1. The Kier molecular flexibility index (Phi) is 4.26. The van der Waals surface area contributed by atoms with Crippen molar-refractivity contribution in [3.63, 3.8) is 0 Å². The van der Waals surface area contributed by atoms with Gasteiger partial charge in [-0.05, 0) is 44.0 Å². The minimum atomic E-state index is -0.636. The molecule has 0 aromatic heterocycles. The number of anilines is 1. The lowest BCUT2D eigenvalue weighted by Crippen LogP contribution is -2.13. The predicted molar refractivity (Wildman–Crippen MR) is 82.9 cm³/mol. The fourth-order valence-electron chi connectivity index (χ4n) is 2.24. The summed E-state index contributed by atoms with van der Waals surface area (Å²) >= 11 is 0. The summed E-state index contributed by atoms with van der Waals surface area (Å²) in [6.45, 7) is 6.32. The molecule has 3 nitrogen and oxygen atoms in total. The number of carbonyl (C=O) groups is 1. The molecule has 0 aliphatic carbocycles. The van der Waals surface area contributed by atoms with Crippen LogP contribution in [0.5, 0.6) is 0 Å². The first kappa shape index (κ1) is 15.0. The molecular weight excluding hydrogens is 267 g/mol. The van der Waals surface area contributed by atoms with Crippen molar-refractivity contribution in [1.29, 1.82) is 0 Å². The third-order valence-corrected chi connectivity index (χ3v) is 3.60. The topological polar surface area (TPSA) is 55.1 Å². The van der Waals surface area contributed by atoms with Gasteiger partial charge in [0.2, 0.25) is 5.91 Å². The first-order valence-corrected chi connectivity index (χ1v) is 6.78. The van der Waals surface area contributed by atoms with Gasteiger partial charge in [-0.25, -0.2) is 4.39 Å². The molecule has 0 fully saturated rings. The van der Waals surface area contributed by atoms with Crippen molar-refractivity contribution >= 4 is 11.6 Å². The van der Waals surface area contributed by atoms with Crippen molar-refractivity contribution < 1.29 is 9.18 Å². The summed E-state index contributed by atoms with van der Waals surface area (Å²) in [4.78, 5) is 11.2. The van der Waals surface area contributed by atoms with Crippen LogP contribution in [0.25, 0.3) is 0 Å². The Balaban J connectivity index is 2.25. The smallest absolute Gasteiger partial charge is 0.248 e. The predicted octanol–water partition coefficient (Wildman–Crippen LogP) is 3.46. The summed E-state index contributed by atoms with van der Waals surface area (Å²) in [5, 5.41) is 3.18. The molecule has 4 heteroatoms. The number of hydrogen-bond donors (Lipinski definition) is 2. The van der Waals surface area contributed by atoms with E-state index in [9.17, 15) is 9.18 Å². The van der Waals surface area contributed by atoms with E-state index in [4.69, 9.17) is 5.73 Å². The van der Waals surface area contributed by atoms with Gasteiger partial charge in [0.15, 0.2) is 0 Å². The average molecular weight is 286 g/mol. The molecule has 0 saturated heterocycles. The van der Waals surface area contributed by atoms with Crippen LogP contribution in [0.15, 0.2) is 30.3 Å². The highest BCUT2D eigenvalue weighted by atomic mass is 19.1. The fourth-order valence-corrected chi connectivity index (χ4v) is 2.24. The Morgan fingerprint density at radius 2 is 1.90 bits per heavy atom. The average Bonchev–Trinajstić information content (AvgIpc) is 2.41. The number of rotatable bonds is 4. The number of aryl methyl sites for hydroxylation is 2. The molecule has 2 rings (SSSR count). The largest absolute Gasteiger partial charge is 0.381 e. The lowest BCUT2D eigenvalue weighted by atomic mass is 10.0. The minimum Gasteiger partial charge on any atom is -0.381 e. The van der Waals surface area contributed by atoms with Gasteiger partial charge in [-0.2, -0.15) is 0 Å². The van der Waals surface area contributed by atoms with Crippen molar-refractivity contribution in [2.24, 2.45) is 5.73 Å². The molecule has 3 N–H and O–H groups in total. The maximum atomic E-state index is 13.8. The van der Waals surface area contributed by atoms with Gasteiger partial charge < -0.3 is 11.1 Å². The molecule has 0 heterocycles. The van der Waals surface area contributed by atoms with Gasteiger partial charge in [-0.15, -0.1) is 0 Å². The summed E-state index contributed by atoms with van der Waals surface area (Å²) in [5.41, 5.74) is 9.95. The molecule has 0 spiro atoms. The van der Waals surface area contributed by atoms with Crippen LogP contribution in [0.3, 0.4) is 0 Å². The highest BCUT2D eigenvalue weighted by molar-refractivity contribution is 5.94. The minimum absolute atomic E-state index is 0.168. The molecule has 0 radical (unpaired) electrons. The molecule has 0 atom stereocenters. The van der Waals surface area contributed by atoms with Gasteiger partial charge in [-0.1, -0.05) is 23.8 Å². The van der Waals surface area contributed by atoms with Crippen LogP contribution in [-0.4, -0.2) is 5.91 Å². The second-order valence-electron chi connectivity index (χ2n) is 5.28. The van der Waals surface area contributed by atoms with E-state index in [-0.39, 0.29) is 5.56 Å². The van der Waals surface area contributed by atoms with Crippen molar-refractivity contribution in [3.8, 4) is 0 Å². The SMILES string of the molecule is Cc1ccc(CNc2cc(C(N)=O)cc(F)c2C)c(C)c1. The summed E-state index contributed by atoms with van der Waals surface area (Å²) in [5.74, 6) is -1.07. The Bertz CT molecular complexity index is 695. The molecule has 21 heavy (non-hydrogen) atoms. The van der Waals surface area contributed by atoms with E-state index in [1.165, 1.54) is 17.2 Å². The van der Waals surface area contributed by atoms with E-state index in [0.29, 0.717) is 17.8 Å². The van der Waals surface area contributed by atoms with E-state index < -0.39 is 11.7 Å². The molecule has 0 saturated carbocycles. The molecule has 0 bridgehead atoms.